The lowest BCUT2D eigenvalue weighted by Crippen LogP contribution is -2.36. The molecule has 1 aliphatic heterocycles. The Bertz CT molecular complexity index is 412. The lowest BCUT2D eigenvalue weighted by atomic mass is 10.0. The van der Waals surface area contributed by atoms with Crippen LogP contribution in [0.2, 0.25) is 0 Å². The monoisotopic (exact) mass is 248 g/mol. The molecule has 0 bridgehead atoms. The quantitative estimate of drug-likeness (QED) is 0.654. The molecule has 0 atom stereocenters. The summed E-state index contributed by atoms with van der Waals surface area (Å²) in [4.78, 5) is 16.5. The highest BCUT2D eigenvalue weighted by Gasteiger charge is 2.19. The number of aldehydes is 1. The number of aryl methyl sites for hydroxylation is 1. The molecular formula is C14H20N2O2. The van der Waals surface area contributed by atoms with Crippen molar-refractivity contribution in [1.29, 1.82) is 0 Å². The molecule has 98 valence electrons. The van der Waals surface area contributed by atoms with Crippen LogP contribution in [-0.2, 0) is 11.2 Å². The Kier molecular flexibility index (Phi) is 4.20. The van der Waals surface area contributed by atoms with Gasteiger partial charge < -0.3 is 15.4 Å². The number of anilines is 1. The summed E-state index contributed by atoms with van der Waals surface area (Å²) in [7, 11) is 0. The predicted octanol–water partition coefficient (Wildman–Crippen LogP) is 2.04. The molecule has 0 aliphatic carbocycles. The van der Waals surface area contributed by atoms with Crippen molar-refractivity contribution in [3.63, 3.8) is 0 Å². The van der Waals surface area contributed by atoms with Gasteiger partial charge in [-0.3, -0.25) is 0 Å². The summed E-state index contributed by atoms with van der Waals surface area (Å²) < 4.78 is 0. The second-order valence-electron chi connectivity index (χ2n) is 4.76. The number of hydrogen-bond donors (Lipinski definition) is 1. The number of nitrogens with zero attached hydrogens (tertiary/aromatic N) is 1. The Balaban J connectivity index is 1.97. The largest absolute Gasteiger partial charge is 0.406 e. The van der Waals surface area contributed by atoms with Gasteiger partial charge in [-0.1, -0.05) is 6.92 Å². The van der Waals surface area contributed by atoms with Gasteiger partial charge in [-0.15, -0.1) is 5.06 Å². The van der Waals surface area contributed by atoms with Crippen LogP contribution in [0.15, 0.2) is 18.2 Å². The SMILES string of the molecule is CCc1cc(N)cc(ON2CCC(C=O)CC2)c1. The first-order valence-electron chi connectivity index (χ1n) is 6.49. The summed E-state index contributed by atoms with van der Waals surface area (Å²) in [6.07, 6.45) is 3.72. The number of nitrogen functional groups attached to an aromatic ring is 1. The van der Waals surface area contributed by atoms with Crippen LogP contribution in [0.5, 0.6) is 5.75 Å². The van der Waals surface area contributed by atoms with E-state index in [1.807, 2.05) is 23.3 Å². The predicted molar refractivity (Wildman–Crippen MR) is 71.2 cm³/mol. The van der Waals surface area contributed by atoms with E-state index in [0.717, 1.165) is 50.1 Å². The molecule has 2 rings (SSSR count). The maximum atomic E-state index is 10.7. The Labute approximate surface area is 108 Å². The molecule has 0 amide bonds. The Morgan fingerprint density at radius 2 is 2.11 bits per heavy atom. The molecule has 1 fully saturated rings. The van der Waals surface area contributed by atoms with Gasteiger partial charge in [0.1, 0.15) is 12.0 Å². The molecule has 1 aliphatic rings. The minimum absolute atomic E-state index is 0.192. The van der Waals surface area contributed by atoms with Crippen molar-refractivity contribution in [2.45, 2.75) is 26.2 Å². The van der Waals surface area contributed by atoms with Crippen LogP contribution >= 0.6 is 0 Å². The van der Waals surface area contributed by atoms with Crippen molar-refractivity contribution < 1.29 is 9.63 Å². The van der Waals surface area contributed by atoms with Gasteiger partial charge >= 0.3 is 0 Å². The zero-order chi connectivity index (χ0) is 13.0. The average molecular weight is 248 g/mol. The summed E-state index contributed by atoms with van der Waals surface area (Å²) in [5.74, 6) is 0.980. The number of carbonyl (C=O) groups excluding carboxylic acids is 1. The summed E-state index contributed by atoms with van der Waals surface area (Å²) in [6.45, 7) is 3.67. The zero-order valence-corrected chi connectivity index (χ0v) is 10.8. The standard InChI is InChI=1S/C14H20N2O2/c1-2-11-7-13(15)9-14(8-11)18-16-5-3-12(10-17)4-6-16/h7-10,12H,2-6,15H2,1H3. The second kappa shape index (κ2) is 5.87. The fourth-order valence-electron chi connectivity index (χ4n) is 2.20. The molecule has 4 heteroatoms. The maximum Gasteiger partial charge on any atom is 0.149 e. The molecular weight excluding hydrogens is 228 g/mol. The minimum atomic E-state index is 0.192. The topological polar surface area (TPSA) is 55.6 Å². The van der Waals surface area contributed by atoms with E-state index in [2.05, 4.69) is 6.92 Å². The van der Waals surface area contributed by atoms with Crippen LogP contribution < -0.4 is 10.6 Å². The highest BCUT2D eigenvalue weighted by Crippen LogP contribution is 2.22. The van der Waals surface area contributed by atoms with Crippen LogP contribution in [0, 0.1) is 5.92 Å². The molecule has 4 nitrogen and oxygen atoms in total. The molecule has 0 aromatic heterocycles. The molecule has 2 N–H and O–H groups in total. The molecule has 0 saturated carbocycles. The van der Waals surface area contributed by atoms with Crippen molar-refractivity contribution in [2.24, 2.45) is 5.92 Å². The van der Waals surface area contributed by atoms with Gasteiger partial charge in [0.05, 0.1) is 0 Å². The molecule has 1 aromatic rings. The van der Waals surface area contributed by atoms with Gasteiger partial charge in [0, 0.05) is 30.8 Å². The number of carbonyl (C=O) groups is 1. The normalized spacial score (nSPS) is 17.6. The minimum Gasteiger partial charge on any atom is -0.406 e. The van der Waals surface area contributed by atoms with E-state index in [0.29, 0.717) is 0 Å². The highest BCUT2D eigenvalue weighted by atomic mass is 16.7. The smallest absolute Gasteiger partial charge is 0.149 e. The second-order valence-corrected chi connectivity index (χ2v) is 4.76. The first-order chi connectivity index (χ1) is 8.71. The third-order valence-electron chi connectivity index (χ3n) is 3.32. The van der Waals surface area contributed by atoms with Gasteiger partial charge in [-0.25, -0.2) is 0 Å². The summed E-state index contributed by atoms with van der Waals surface area (Å²) in [5.41, 5.74) is 7.74. The highest BCUT2D eigenvalue weighted by molar-refractivity contribution is 5.53. The summed E-state index contributed by atoms with van der Waals surface area (Å²) in [6, 6.07) is 5.82. The van der Waals surface area contributed by atoms with Gasteiger partial charge in [0.15, 0.2) is 0 Å². The van der Waals surface area contributed by atoms with E-state index in [1.54, 1.807) is 0 Å². The Hall–Kier alpha value is -1.55. The average Bonchev–Trinajstić information content (AvgIpc) is 2.39. The summed E-state index contributed by atoms with van der Waals surface area (Å²) in [5, 5.41) is 1.91. The van der Waals surface area contributed by atoms with E-state index in [9.17, 15) is 4.79 Å². The van der Waals surface area contributed by atoms with E-state index in [4.69, 9.17) is 10.6 Å². The van der Waals surface area contributed by atoms with E-state index in [1.165, 1.54) is 5.56 Å². The van der Waals surface area contributed by atoms with Crippen LogP contribution in [-0.4, -0.2) is 24.4 Å². The molecule has 0 unspecified atom stereocenters. The van der Waals surface area contributed by atoms with Crippen molar-refractivity contribution in [3.05, 3.63) is 23.8 Å². The molecule has 0 radical (unpaired) electrons. The third kappa shape index (κ3) is 3.23. The number of piperidine rings is 1. The Morgan fingerprint density at radius 3 is 2.72 bits per heavy atom. The molecule has 0 spiro atoms. The Morgan fingerprint density at radius 1 is 1.39 bits per heavy atom. The van der Waals surface area contributed by atoms with E-state index >= 15 is 0 Å². The van der Waals surface area contributed by atoms with Crippen LogP contribution in [0.4, 0.5) is 5.69 Å². The molecule has 18 heavy (non-hydrogen) atoms. The first-order valence-corrected chi connectivity index (χ1v) is 6.49. The fraction of sp³-hybridized carbons (Fsp3) is 0.500. The first kappa shape index (κ1) is 12.9. The zero-order valence-electron chi connectivity index (χ0n) is 10.8. The van der Waals surface area contributed by atoms with Crippen LogP contribution in [0.25, 0.3) is 0 Å². The number of rotatable bonds is 4. The number of hydroxylamine groups is 2. The third-order valence-corrected chi connectivity index (χ3v) is 3.32. The van der Waals surface area contributed by atoms with Crippen LogP contribution in [0.1, 0.15) is 25.3 Å². The maximum absolute atomic E-state index is 10.7. The molecule has 1 aromatic carbocycles. The molecule has 1 saturated heterocycles. The van der Waals surface area contributed by atoms with Crippen LogP contribution in [0.3, 0.4) is 0 Å². The summed E-state index contributed by atoms with van der Waals surface area (Å²) >= 11 is 0. The number of hydrogen-bond acceptors (Lipinski definition) is 4. The van der Waals surface area contributed by atoms with Crippen molar-refractivity contribution in [1.82, 2.24) is 5.06 Å². The fourth-order valence-corrected chi connectivity index (χ4v) is 2.20. The van der Waals surface area contributed by atoms with Gasteiger partial charge in [0.25, 0.3) is 0 Å². The van der Waals surface area contributed by atoms with Crippen molar-refractivity contribution in [3.8, 4) is 5.75 Å². The lowest BCUT2D eigenvalue weighted by Gasteiger charge is -2.29. The molecule has 1 heterocycles. The van der Waals surface area contributed by atoms with Gasteiger partial charge in [-0.2, -0.15) is 0 Å². The lowest BCUT2D eigenvalue weighted by molar-refractivity contribution is -0.118. The number of benzene rings is 1. The van der Waals surface area contributed by atoms with Gasteiger partial charge in [0.2, 0.25) is 0 Å². The number of nitrogens with two attached hydrogens (primary N) is 1. The van der Waals surface area contributed by atoms with Crippen molar-refractivity contribution >= 4 is 12.0 Å². The van der Waals surface area contributed by atoms with E-state index in [-0.39, 0.29) is 5.92 Å². The van der Waals surface area contributed by atoms with Crippen molar-refractivity contribution in [2.75, 3.05) is 18.8 Å². The van der Waals surface area contributed by atoms with E-state index < -0.39 is 0 Å². The van der Waals surface area contributed by atoms with Gasteiger partial charge in [-0.05, 0) is 37.0 Å².